The zero-order chi connectivity index (χ0) is 12.8. The molecule has 0 saturated carbocycles. The third kappa shape index (κ3) is 3.88. The van der Waals surface area contributed by atoms with Crippen LogP contribution in [0.4, 0.5) is 0 Å². The Bertz CT molecular complexity index is 385. The first-order valence-corrected chi connectivity index (χ1v) is 6.40. The number of hydrogen-bond donors (Lipinski definition) is 1. The zero-order valence-electron chi connectivity index (χ0n) is 11.3. The molecule has 0 saturated heterocycles. The molecule has 1 amide bonds. The van der Waals surface area contributed by atoms with E-state index in [2.05, 4.69) is 32.2 Å². The summed E-state index contributed by atoms with van der Waals surface area (Å²) < 4.78 is 0. The average molecular weight is 233 g/mol. The molecule has 0 aliphatic heterocycles. The molecule has 17 heavy (non-hydrogen) atoms. The van der Waals surface area contributed by atoms with Crippen LogP contribution in [-0.2, 0) is 6.42 Å². The largest absolute Gasteiger partial charge is 0.355 e. The molecule has 1 aromatic carbocycles. The predicted octanol–water partition coefficient (Wildman–Crippen LogP) is 3.33. The first-order valence-electron chi connectivity index (χ1n) is 6.40. The van der Waals surface area contributed by atoms with E-state index in [-0.39, 0.29) is 5.91 Å². The molecule has 0 aromatic heterocycles. The lowest BCUT2D eigenvalue weighted by molar-refractivity contribution is 0.0963. The van der Waals surface area contributed by atoms with Crippen LogP contribution in [0.2, 0.25) is 0 Å². The fourth-order valence-electron chi connectivity index (χ4n) is 1.87. The molecule has 0 aliphatic carbocycles. The van der Waals surface area contributed by atoms with Crippen LogP contribution in [-0.4, -0.2) is 13.0 Å². The van der Waals surface area contributed by atoms with Crippen molar-refractivity contribution < 1.29 is 4.79 Å². The lowest BCUT2D eigenvalue weighted by atomic mass is 9.95. The van der Waals surface area contributed by atoms with Gasteiger partial charge in [0.15, 0.2) is 0 Å². The fourth-order valence-corrected chi connectivity index (χ4v) is 1.87. The first kappa shape index (κ1) is 13.8. The van der Waals surface area contributed by atoms with Crippen molar-refractivity contribution in [2.75, 3.05) is 7.05 Å². The highest BCUT2D eigenvalue weighted by atomic mass is 16.1. The summed E-state index contributed by atoms with van der Waals surface area (Å²) in [5.74, 6) is 0.759. The van der Waals surface area contributed by atoms with Gasteiger partial charge < -0.3 is 5.32 Å². The summed E-state index contributed by atoms with van der Waals surface area (Å²) in [5.41, 5.74) is 3.32. The molecular weight excluding hydrogens is 210 g/mol. The minimum Gasteiger partial charge on any atom is -0.355 e. The second kappa shape index (κ2) is 6.43. The van der Waals surface area contributed by atoms with Gasteiger partial charge in [-0.25, -0.2) is 0 Å². The van der Waals surface area contributed by atoms with E-state index in [1.807, 2.05) is 12.1 Å². The summed E-state index contributed by atoms with van der Waals surface area (Å²) in [6.07, 6.45) is 3.56. The molecule has 0 fully saturated rings. The minimum absolute atomic E-state index is 0.0124. The predicted molar refractivity (Wildman–Crippen MR) is 72.3 cm³/mol. The van der Waals surface area contributed by atoms with E-state index in [0.29, 0.717) is 0 Å². The molecule has 1 N–H and O–H groups in total. The van der Waals surface area contributed by atoms with Crippen LogP contribution >= 0.6 is 0 Å². The molecule has 2 nitrogen and oxygen atoms in total. The highest BCUT2D eigenvalue weighted by Crippen LogP contribution is 2.17. The Morgan fingerprint density at radius 1 is 1.41 bits per heavy atom. The van der Waals surface area contributed by atoms with Gasteiger partial charge in [0.2, 0.25) is 0 Å². The zero-order valence-corrected chi connectivity index (χ0v) is 11.3. The van der Waals surface area contributed by atoms with Gasteiger partial charge in [-0.15, -0.1) is 0 Å². The van der Waals surface area contributed by atoms with Crippen molar-refractivity contribution in [3.05, 3.63) is 34.9 Å². The molecule has 0 bridgehead atoms. The van der Waals surface area contributed by atoms with Crippen molar-refractivity contribution in [1.29, 1.82) is 0 Å². The number of rotatable bonds is 5. The van der Waals surface area contributed by atoms with E-state index in [1.54, 1.807) is 7.05 Å². The number of nitrogens with one attached hydrogen (secondary N) is 1. The number of amides is 1. The monoisotopic (exact) mass is 233 g/mol. The van der Waals surface area contributed by atoms with Crippen molar-refractivity contribution in [3.8, 4) is 0 Å². The van der Waals surface area contributed by atoms with Crippen molar-refractivity contribution >= 4 is 5.91 Å². The number of benzene rings is 1. The number of aryl methyl sites for hydroxylation is 2. The molecule has 0 heterocycles. The van der Waals surface area contributed by atoms with E-state index >= 15 is 0 Å². The second-order valence-electron chi connectivity index (χ2n) is 4.77. The lowest BCUT2D eigenvalue weighted by Crippen LogP contribution is -2.17. The van der Waals surface area contributed by atoms with Gasteiger partial charge in [-0.1, -0.05) is 26.3 Å². The van der Waals surface area contributed by atoms with Crippen LogP contribution in [0, 0.1) is 12.8 Å². The number of hydrogen-bond acceptors (Lipinski definition) is 1. The van der Waals surface area contributed by atoms with Gasteiger partial charge in [0, 0.05) is 12.6 Å². The highest BCUT2D eigenvalue weighted by Gasteiger charge is 2.07. The summed E-state index contributed by atoms with van der Waals surface area (Å²) in [6.45, 7) is 6.60. The minimum atomic E-state index is -0.0124. The van der Waals surface area contributed by atoms with Crippen LogP contribution in [0.15, 0.2) is 18.2 Å². The van der Waals surface area contributed by atoms with Crippen molar-refractivity contribution in [1.82, 2.24) is 5.32 Å². The van der Waals surface area contributed by atoms with Gasteiger partial charge in [0.1, 0.15) is 0 Å². The van der Waals surface area contributed by atoms with Gasteiger partial charge in [-0.05, 0) is 48.9 Å². The van der Waals surface area contributed by atoms with Gasteiger partial charge >= 0.3 is 0 Å². The standard InChI is InChI=1S/C15H23NO/c1-5-11(2)6-7-13-8-9-14(10-12(13)3)15(17)16-4/h8-11H,5-7H2,1-4H3,(H,16,17). The molecule has 0 spiro atoms. The molecule has 1 atom stereocenters. The summed E-state index contributed by atoms with van der Waals surface area (Å²) in [6, 6.07) is 5.98. The Kier molecular flexibility index (Phi) is 5.20. The molecule has 1 unspecified atom stereocenters. The Labute approximate surface area is 104 Å². The summed E-state index contributed by atoms with van der Waals surface area (Å²) >= 11 is 0. The van der Waals surface area contributed by atoms with Gasteiger partial charge in [0.05, 0.1) is 0 Å². The third-order valence-electron chi connectivity index (χ3n) is 3.44. The Balaban J connectivity index is 2.73. The van der Waals surface area contributed by atoms with Gasteiger partial charge in [-0.2, -0.15) is 0 Å². The molecular formula is C15H23NO. The molecule has 0 radical (unpaired) electrons. The second-order valence-corrected chi connectivity index (χ2v) is 4.77. The normalized spacial score (nSPS) is 12.2. The quantitative estimate of drug-likeness (QED) is 0.830. The molecule has 0 aliphatic rings. The fraction of sp³-hybridized carbons (Fsp3) is 0.533. The maximum absolute atomic E-state index is 11.5. The Morgan fingerprint density at radius 3 is 2.65 bits per heavy atom. The maximum atomic E-state index is 11.5. The van der Waals surface area contributed by atoms with Crippen molar-refractivity contribution in [3.63, 3.8) is 0 Å². The highest BCUT2D eigenvalue weighted by molar-refractivity contribution is 5.94. The number of carbonyl (C=O) groups excluding carboxylic acids is 1. The van der Waals surface area contributed by atoms with Crippen LogP contribution in [0.1, 0.15) is 48.2 Å². The molecule has 1 rings (SSSR count). The van der Waals surface area contributed by atoms with Crippen LogP contribution in [0.5, 0.6) is 0 Å². The van der Waals surface area contributed by atoms with Crippen LogP contribution in [0.3, 0.4) is 0 Å². The van der Waals surface area contributed by atoms with Crippen molar-refractivity contribution in [2.45, 2.75) is 40.0 Å². The third-order valence-corrected chi connectivity index (χ3v) is 3.44. The smallest absolute Gasteiger partial charge is 0.251 e. The van der Waals surface area contributed by atoms with E-state index in [9.17, 15) is 4.79 Å². The van der Waals surface area contributed by atoms with Crippen molar-refractivity contribution in [2.24, 2.45) is 5.92 Å². The van der Waals surface area contributed by atoms with E-state index < -0.39 is 0 Å². The SMILES string of the molecule is CCC(C)CCc1ccc(C(=O)NC)cc1C. The summed E-state index contributed by atoms with van der Waals surface area (Å²) in [5, 5.41) is 2.65. The Morgan fingerprint density at radius 2 is 2.12 bits per heavy atom. The Hall–Kier alpha value is -1.31. The maximum Gasteiger partial charge on any atom is 0.251 e. The van der Waals surface area contributed by atoms with Crippen LogP contribution in [0.25, 0.3) is 0 Å². The van der Waals surface area contributed by atoms with Gasteiger partial charge in [0.25, 0.3) is 5.91 Å². The average Bonchev–Trinajstić information content (AvgIpc) is 2.35. The summed E-state index contributed by atoms with van der Waals surface area (Å²) in [4.78, 5) is 11.5. The van der Waals surface area contributed by atoms with E-state index in [4.69, 9.17) is 0 Å². The van der Waals surface area contributed by atoms with Crippen LogP contribution < -0.4 is 5.32 Å². The lowest BCUT2D eigenvalue weighted by Gasteiger charge is -2.11. The molecule has 1 aromatic rings. The molecule has 2 heteroatoms. The van der Waals surface area contributed by atoms with E-state index in [1.165, 1.54) is 24.0 Å². The topological polar surface area (TPSA) is 29.1 Å². The first-order chi connectivity index (χ1) is 8.08. The number of carbonyl (C=O) groups is 1. The molecule has 94 valence electrons. The van der Waals surface area contributed by atoms with Gasteiger partial charge in [-0.3, -0.25) is 4.79 Å². The summed E-state index contributed by atoms with van der Waals surface area (Å²) in [7, 11) is 1.66. The van der Waals surface area contributed by atoms with E-state index in [0.717, 1.165) is 17.9 Å².